The van der Waals surface area contributed by atoms with Crippen LogP contribution in [0, 0.1) is 0 Å². The van der Waals surface area contributed by atoms with Gasteiger partial charge in [0.05, 0.1) is 0 Å². The Morgan fingerprint density at radius 3 is 2.19 bits per heavy atom. The summed E-state index contributed by atoms with van der Waals surface area (Å²) in [5, 5.41) is 14.5. The van der Waals surface area contributed by atoms with Crippen molar-refractivity contribution in [2.24, 2.45) is 0 Å². The molecule has 0 atom stereocenters. The summed E-state index contributed by atoms with van der Waals surface area (Å²) < 4.78 is 0. The molecule has 21 heavy (non-hydrogen) atoms. The van der Waals surface area contributed by atoms with Gasteiger partial charge in [0.2, 0.25) is 0 Å². The third-order valence-corrected chi connectivity index (χ3v) is 3.83. The standard InChI is InChI=1S/C15H18N2O4/c1-16-12(18)10-5-4-6-11(9-10)13(19)17-15(14(20)21)7-2-3-8-15/h4-6,9H,2-3,7-8H2,1H3,(H,16,18)(H,17,19)(H,20,21). The Kier molecular flexibility index (Phi) is 4.26. The molecule has 112 valence electrons. The number of nitrogens with one attached hydrogen (secondary N) is 2. The van der Waals surface area contributed by atoms with E-state index in [1.165, 1.54) is 13.1 Å². The molecule has 6 nitrogen and oxygen atoms in total. The Morgan fingerprint density at radius 2 is 1.67 bits per heavy atom. The van der Waals surface area contributed by atoms with Crippen molar-refractivity contribution in [1.82, 2.24) is 10.6 Å². The van der Waals surface area contributed by atoms with Crippen molar-refractivity contribution in [3.8, 4) is 0 Å². The van der Waals surface area contributed by atoms with Crippen molar-refractivity contribution < 1.29 is 19.5 Å². The van der Waals surface area contributed by atoms with E-state index in [0.29, 0.717) is 18.4 Å². The minimum absolute atomic E-state index is 0.281. The van der Waals surface area contributed by atoms with Crippen LogP contribution < -0.4 is 10.6 Å². The van der Waals surface area contributed by atoms with E-state index in [1.54, 1.807) is 18.2 Å². The topological polar surface area (TPSA) is 95.5 Å². The molecule has 6 heteroatoms. The molecule has 0 bridgehead atoms. The highest BCUT2D eigenvalue weighted by atomic mass is 16.4. The second-order valence-corrected chi connectivity index (χ2v) is 5.21. The van der Waals surface area contributed by atoms with Crippen LogP contribution in [0.1, 0.15) is 46.4 Å². The molecule has 1 fully saturated rings. The Labute approximate surface area is 122 Å². The highest BCUT2D eigenvalue weighted by Crippen LogP contribution is 2.30. The second-order valence-electron chi connectivity index (χ2n) is 5.21. The smallest absolute Gasteiger partial charge is 0.329 e. The maximum absolute atomic E-state index is 12.3. The monoisotopic (exact) mass is 290 g/mol. The Bertz CT molecular complexity index is 577. The third-order valence-electron chi connectivity index (χ3n) is 3.83. The van der Waals surface area contributed by atoms with Crippen molar-refractivity contribution in [2.45, 2.75) is 31.2 Å². The zero-order chi connectivity index (χ0) is 15.5. The second kappa shape index (κ2) is 5.95. The molecule has 2 rings (SSSR count). The van der Waals surface area contributed by atoms with Gasteiger partial charge in [-0.05, 0) is 31.0 Å². The molecule has 2 amide bonds. The molecule has 3 N–H and O–H groups in total. The van der Waals surface area contributed by atoms with E-state index in [1.807, 2.05) is 0 Å². The Hall–Kier alpha value is -2.37. The number of amides is 2. The SMILES string of the molecule is CNC(=O)c1cccc(C(=O)NC2(C(=O)O)CCCC2)c1. The fourth-order valence-corrected chi connectivity index (χ4v) is 2.61. The van der Waals surface area contributed by atoms with Crippen LogP contribution in [0.25, 0.3) is 0 Å². The molecule has 0 radical (unpaired) electrons. The predicted molar refractivity (Wildman–Crippen MR) is 76.1 cm³/mol. The minimum atomic E-state index is -1.18. The van der Waals surface area contributed by atoms with E-state index in [-0.39, 0.29) is 11.5 Å². The first-order valence-corrected chi connectivity index (χ1v) is 6.86. The van der Waals surface area contributed by atoms with Crippen LogP contribution in [-0.2, 0) is 4.79 Å². The fraction of sp³-hybridized carbons (Fsp3) is 0.400. The lowest BCUT2D eigenvalue weighted by Gasteiger charge is -2.25. The lowest BCUT2D eigenvalue weighted by atomic mass is 9.97. The summed E-state index contributed by atoms with van der Waals surface area (Å²) in [4.78, 5) is 35.3. The number of rotatable bonds is 4. The van der Waals surface area contributed by atoms with E-state index in [2.05, 4.69) is 10.6 Å². The Morgan fingerprint density at radius 1 is 1.10 bits per heavy atom. The molecule has 0 spiro atoms. The third kappa shape index (κ3) is 3.04. The van der Waals surface area contributed by atoms with Crippen LogP contribution in [0.2, 0.25) is 0 Å². The summed E-state index contributed by atoms with van der Waals surface area (Å²) in [5.41, 5.74) is -0.537. The molecule has 1 aromatic rings. The van der Waals surface area contributed by atoms with Gasteiger partial charge in [0.1, 0.15) is 5.54 Å². The fourth-order valence-electron chi connectivity index (χ4n) is 2.61. The van der Waals surface area contributed by atoms with E-state index in [9.17, 15) is 19.5 Å². The van der Waals surface area contributed by atoms with Crippen LogP contribution in [0.5, 0.6) is 0 Å². The van der Waals surface area contributed by atoms with Crippen LogP contribution in [0.3, 0.4) is 0 Å². The molecule has 1 saturated carbocycles. The summed E-state index contributed by atoms with van der Waals surface area (Å²) in [5.74, 6) is -1.76. The van der Waals surface area contributed by atoms with Crippen LogP contribution in [0.15, 0.2) is 24.3 Å². The molecular weight excluding hydrogens is 272 g/mol. The zero-order valence-electron chi connectivity index (χ0n) is 11.8. The van der Waals surface area contributed by atoms with E-state index in [4.69, 9.17) is 0 Å². The number of carboxylic acid groups (broad SMARTS) is 1. The molecule has 1 aliphatic carbocycles. The van der Waals surface area contributed by atoms with Crippen LogP contribution in [-0.4, -0.2) is 35.5 Å². The number of aliphatic carboxylic acids is 1. The average Bonchev–Trinajstić information content (AvgIpc) is 2.96. The van der Waals surface area contributed by atoms with Gasteiger partial charge in [0.25, 0.3) is 11.8 Å². The molecule has 0 heterocycles. The highest BCUT2D eigenvalue weighted by molar-refractivity contribution is 6.01. The van der Waals surface area contributed by atoms with Gasteiger partial charge in [-0.2, -0.15) is 0 Å². The summed E-state index contributed by atoms with van der Waals surface area (Å²) >= 11 is 0. The van der Waals surface area contributed by atoms with Gasteiger partial charge in [-0.25, -0.2) is 4.79 Å². The maximum atomic E-state index is 12.3. The van der Waals surface area contributed by atoms with Gasteiger partial charge in [0.15, 0.2) is 0 Å². The summed E-state index contributed by atoms with van der Waals surface area (Å²) in [6, 6.07) is 6.21. The zero-order valence-corrected chi connectivity index (χ0v) is 11.8. The molecular formula is C15H18N2O4. The quantitative estimate of drug-likeness (QED) is 0.775. The average molecular weight is 290 g/mol. The van der Waals surface area contributed by atoms with Gasteiger partial charge in [-0.15, -0.1) is 0 Å². The largest absolute Gasteiger partial charge is 0.480 e. The lowest BCUT2D eigenvalue weighted by molar-refractivity contribution is -0.144. The highest BCUT2D eigenvalue weighted by Gasteiger charge is 2.42. The lowest BCUT2D eigenvalue weighted by Crippen LogP contribution is -2.52. The molecule has 1 aromatic carbocycles. The van der Waals surface area contributed by atoms with Crippen LogP contribution >= 0.6 is 0 Å². The Balaban J connectivity index is 2.20. The first-order valence-electron chi connectivity index (χ1n) is 6.86. The molecule has 0 unspecified atom stereocenters. The summed E-state index contributed by atoms with van der Waals surface area (Å²) in [7, 11) is 1.51. The minimum Gasteiger partial charge on any atom is -0.480 e. The summed E-state index contributed by atoms with van der Waals surface area (Å²) in [6.07, 6.45) is 2.43. The summed E-state index contributed by atoms with van der Waals surface area (Å²) in [6.45, 7) is 0. The van der Waals surface area contributed by atoms with Gasteiger partial charge in [0, 0.05) is 18.2 Å². The first-order chi connectivity index (χ1) is 9.98. The molecule has 0 aromatic heterocycles. The van der Waals surface area contributed by atoms with E-state index in [0.717, 1.165) is 12.8 Å². The predicted octanol–water partition coefficient (Wildman–Crippen LogP) is 1.17. The number of hydrogen-bond donors (Lipinski definition) is 3. The maximum Gasteiger partial charge on any atom is 0.329 e. The number of hydrogen-bond acceptors (Lipinski definition) is 3. The van der Waals surface area contributed by atoms with Gasteiger partial charge in [-0.3, -0.25) is 9.59 Å². The van der Waals surface area contributed by atoms with E-state index < -0.39 is 17.4 Å². The molecule has 1 aliphatic rings. The van der Waals surface area contributed by atoms with Gasteiger partial charge >= 0.3 is 5.97 Å². The molecule has 0 aliphatic heterocycles. The van der Waals surface area contributed by atoms with Crippen molar-refractivity contribution in [3.05, 3.63) is 35.4 Å². The number of carbonyl (C=O) groups is 3. The van der Waals surface area contributed by atoms with Crippen molar-refractivity contribution in [2.75, 3.05) is 7.05 Å². The number of carbonyl (C=O) groups excluding carboxylic acids is 2. The number of carboxylic acids is 1. The first kappa shape index (κ1) is 15.0. The van der Waals surface area contributed by atoms with Gasteiger partial charge < -0.3 is 15.7 Å². The van der Waals surface area contributed by atoms with Crippen molar-refractivity contribution in [3.63, 3.8) is 0 Å². The van der Waals surface area contributed by atoms with Crippen molar-refractivity contribution >= 4 is 17.8 Å². The molecule has 0 saturated heterocycles. The van der Waals surface area contributed by atoms with E-state index >= 15 is 0 Å². The van der Waals surface area contributed by atoms with Crippen molar-refractivity contribution in [1.29, 1.82) is 0 Å². The number of benzene rings is 1. The normalized spacial score (nSPS) is 16.2. The van der Waals surface area contributed by atoms with Gasteiger partial charge in [-0.1, -0.05) is 18.9 Å². The van der Waals surface area contributed by atoms with Crippen LogP contribution in [0.4, 0.5) is 0 Å².